The Morgan fingerprint density at radius 2 is 0.857 bits per heavy atom. The maximum Gasteiger partial charge on any atom is 0.323 e. The Labute approximate surface area is 236 Å². The third-order valence-corrected chi connectivity index (χ3v) is 5.43. The summed E-state index contributed by atoms with van der Waals surface area (Å²) in [5.41, 5.74) is 0. The van der Waals surface area contributed by atoms with Crippen molar-refractivity contribution in [2.45, 2.75) is 6.92 Å². The van der Waals surface area contributed by atoms with Crippen molar-refractivity contribution in [3.05, 3.63) is 0 Å². The second-order valence-electron chi connectivity index (χ2n) is 8.09. The first-order valence-electron chi connectivity index (χ1n) is 11.0. The van der Waals surface area contributed by atoms with E-state index >= 15 is 0 Å². The molecule has 1 fully saturated rings. The monoisotopic (exact) mass is 647 g/mol. The van der Waals surface area contributed by atoms with Crippen molar-refractivity contribution in [1.29, 1.82) is 0 Å². The van der Waals surface area contributed by atoms with Crippen molar-refractivity contribution >= 4 is 29.8 Å². The van der Waals surface area contributed by atoms with E-state index in [-0.39, 0.29) is 118 Å². The van der Waals surface area contributed by atoms with E-state index in [0.717, 1.165) is 0 Å². The largest absolute Gasteiger partial charge is 0.480 e. The molecule has 0 atom stereocenters. The van der Waals surface area contributed by atoms with E-state index in [4.69, 9.17) is 5.11 Å². The summed E-state index contributed by atoms with van der Waals surface area (Å²) in [4.78, 5) is 65.4. The number of rotatable bonds is 11. The van der Waals surface area contributed by atoms with Gasteiger partial charge in [-0.15, -0.1) is 0 Å². The van der Waals surface area contributed by atoms with Gasteiger partial charge in [0, 0.05) is 98.8 Å². The first-order chi connectivity index (χ1) is 16.0. The molecule has 1 saturated heterocycles. The van der Waals surface area contributed by atoms with Crippen molar-refractivity contribution < 1.29 is 84.3 Å². The molecule has 1 aliphatic heterocycles. The van der Waals surface area contributed by atoms with Gasteiger partial charge in [0.15, 0.2) is 0 Å². The summed E-state index contributed by atoms with van der Waals surface area (Å²) in [6.07, 6.45) is 0. The standard InChI is InChI=1S/C20H35N5O9.Gd/c1-2-25(15-20(33)34)16(26)11-21-3-5-22(12-17(27)28)7-9-24(14-19(31)32)10-8-23(6-4-21)13-18(29)30;/h2-15H2,1H3,(H,27,28)(H,29,30)(H,31,32)(H,33,34);. The van der Waals surface area contributed by atoms with Crippen LogP contribution in [0, 0.1) is 39.9 Å². The average Bonchev–Trinajstić information content (AvgIpc) is 2.72. The van der Waals surface area contributed by atoms with E-state index in [1.165, 1.54) is 4.90 Å². The van der Waals surface area contributed by atoms with Gasteiger partial charge in [0.2, 0.25) is 5.91 Å². The van der Waals surface area contributed by atoms with Gasteiger partial charge in [-0.3, -0.25) is 43.6 Å². The molecular formula is C20H35GdN5O9. The Hall–Kier alpha value is -1.49. The van der Waals surface area contributed by atoms with Gasteiger partial charge >= 0.3 is 23.9 Å². The van der Waals surface area contributed by atoms with E-state index in [2.05, 4.69) is 0 Å². The molecule has 202 valence electrons. The zero-order chi connectivity index (χ0) is 25.7. The fraction of sp³-hybridized carbons (Fsp3) is 0.750. The third kappa shape index (κ3) is 15.3. The molecule has 1 amide bonds. The minimum Gasteiger partial charge on any atom is -0.480 e. The van der Waals surface area contributed by atoms with Crippen molar-refractivity contribution in [3.8, 4) is 0 Å². The van der Waals surface area contributed by atoms with Gasteiger partial charge in [0.05, 0.1) is 26.2 Å². The molecule has 15 heteroatoms. The SMILES string of the molecule is CCN(CC(=O)O)C(=O)CN1CCN(CC(=O)O)CCN(CC(=O)O)CCN(CC(=O)O)CC1.[Gd]. The van der Waals surface area contributed by atoms with E-state index in [1.807, 2.05) is 0 Å². The van der Waals surface area contributed by atoms with Crippen LogP contribution in [0.1, 0.15) is 6.92 Å². The second-order valence-corrected chi connectivity index (χ2v) is 8.09. The van der Waals surface area contributed by atoms with Crippen molar-refractivity contribution in [1.82, 2.24) is 24.5 Å². The summed E-state index contributed by atoms with van der Waals surface area (Å²) in [6.45, 7) is 2.87. The maximum absolute atomic E-state index is 12.7. The van der Waals surface area contributed by atoms with E-state index in [1.54, 1.807) is 26.5 Å². The minimum atomic E-state index is -1.13. The van der Waals surface area contributed by atoms with Crippen LogP contribution < -0.4 is 0 Å². The van der Waals surface area contributed by atoms with Crippen molar-refractivity contribution in [2.75, 3.05) is 91.6 Å². The summed E-state index contributed by atoms with van der Waals surface area (Å²) in [7, 11) is 0. The van der Waals surface area contributed by atoms with Crippen LogP contribution in [0.2, 0.25) is 0 Å². The summed E-state index contributed by atoms with van der Waals surface area (Å²) in [5, 5.41) is 36.7. The van der Waals surface area contributed by atoms with Gasteiger partial charge in [-0.05, 0) is 6.92 Å². The number of hydrogen-bond acceptors (Lipinski definition) is 9. The van der Waals surface area contributed by atoms with Crippen molar-refractivity contribution in [3.63, 3.8) is 0 Å². The van der Waals surface area contributed by atoms with Gasteiger partial charge in [-0.2, -0.15) is 0 Å². The number of carbonyl (C=O) groups excluding carboxylic acids is 1. The number of likely N-dealkylation sites (N-methyl/N-ethyl adjacent to an activating group) is 1. The quantitative estimate of drug-likeness (QED) is 0.184. The minimum absolute atomic E-state index is 0. The maximum atomic E-state index is 12.7. The molecule has 0 aromatic heterocycles. The molecule has 0 aliphatic carbocycles. The number of amides is 1. The van der Waals surface area contributed by atoms with Gasteiger partial charge in [-0.1, -0.05) is 0 Å². The molecule has 1 rings (SSSR count). The predicted octanol–water partition coefficient (Wildman–Crippen LogP) is -2.61. The number of aliphatic carboxylic acids is 4. The van der Waals surface area contributed by atoms with Crippen molar-refractivity contribution in [2.24, 2.45) is 0 Å². The summed E-state index contributed by atoms with van der Waals surface area (Å²) >= 11 is 0. The first-order valence-corrected chi connectivity index (χ1v) is 11.0. The summed E-state index contributed by atoms with van der Waals surface area (Å²) < 4.78 is 0. The Kier molecular flexibility index (Phi) is 17.1. The van der Waals surface area contributed by atoms with Crippen LogP contribution in [0.25, 0.3) is 0 Å². The number of carboxylic acids is 4. The zero-order valence-electron chi connectivity index (χ0n) is 19.8. The Bertz CT molecular complexity index is 695. The van der Waals surface area contributed by atoms with Crippen LogP contribution in [-0.4, -0.2) is 166 Å². The molecule has 0 aromatic carbocycles. The van der Waals surface area contributed by atoms with Crippen LogP contribution in [0.4, 0.5) is 0 Å². The zero-order valence-corrected chi connectivity index (χ0v) is 22.1. The normalized spacial score (nSPS) is 17.4. The average molecular weight is 647 g/mol. The molecule has 0 spiro atoms. The molecule has 0 saturated carbocycles. The summed E-state index contributed by atoms with van der Waals surface area (Å²) in [5.74, 6) is -4.63. The smallest absolute Gasteiger partial charge is 0.323 e. The molecule has 14 nitrogen and oxygen atoms in total. The molecule has 0 unspecified atom stereocenters. The number of nitrogens with zero attached hydrogens (tertiary/aromatic N) is 5. The molecule has 0 radical (unpaired) electrons. The Morgan fingerprint density at radius 1 is 0.571 bits per heavy atom. The topological polar surface area (TPSA) is 182 Å². The Balaban J connectivity index is 0.0000116. The van der Waals surface area contributed by atoms with Crippen LogP contribution in [-0.2, 0) is 24.0 Å². The fourth-order valence-electron chi connectivity index (χ4n) is 3.62. The van der Waals surface area contributed by atoms with Gasteiger partial charge in [-0.25, -0.2) is 0 Å². The molecule has 0 aromatic rings. The third-order valence-electron chi connectivity index (χ3n) is 5.43. The molecule has 35 heavy (non-hydrogen) atoms. The number of carbonyl (C=O) groups is 5. The molecule has 0 bridgehead atoms. The fourth-order valence-corrected chi connectivity index (χ4v) is 3.62. The molecular weight excluding hydrogens is 611 g/mol. The van der Waals surface area contributed by atoms with E-state index in [0.29, 0.717) is 13.1 Å². The second kappa shape index (κ2) is 17.9. The first kappa shape index (κ1) is 33.5. The van der Waals surface area contributed by atoms with Gasteiger partial charge < -0.3 is 25.3 Å². The van der Waals surface area contributed by atoms with Crippen LogP contribution in [0.3, 0.4) is 0 Å². The number of hydrogen-bond donors (Lipinski definition) is 4. The predicted molar refractivity (Wildman–Crippen MR) is 119 cm³/mol. The van der Waals surface area contributed by atoms with Gasteiger partial charge in [0.1, 0.15) is 6.54 Å². The van der Waals surface area contributed by atoms with Crippen LogP contribution in [0.15, 0.2) is 0 Å². The Morgan fingerprint density at radius 3 is 1.09 bits per heavy atom. The number of carboxylic acid groups (broad SMARTS) is 4. The van der Waals surface area contributed by atoms with Crippen LogP contribution in [0.5, 0.6) is 0 Å². The van der Waals surface area contributed by atoms with E-state index in [9.17, 15) is 39.3 Å². The summed E-state index contributed by atoms with van der Waals surface area (Å²) in [6, 6.07) is 0. The molecule has 1 aliphatic rings. The van der Waals surface area contributed by atoms with E-state index < -0.39 is 30.4 Å². The van der Waals surface area contributed by atoms with Gasteiger partial charge in [0.25, 0.3) is 0 Å². The molecule has 1 heterocycles. The van der Waals surface area contributed by atoms with Crippen LogP contribution >= 0.6 is 0 Å². The molecule has 4 N–H and O–H groups in total.